The molecule has 0 aliphatic rings. The molecule has 0 saturated carbocycles. The van der Waals surface area contributed by atoms with Crippen molar-refractivity contribution in [2.45, 2.75) is 24.1 Å². The van der Waals surface area contributed by atoms with Crippen molar-refractivity contribution in [3.05, 3.63) is 0 Å². The molecule has 0 amide bonds. The average molecular weight is 227 g/mol. The fourth-order valence-corrected chi connectivity index (χ4v) is 1.92. The predicted molar refractivity (Wildman–Crippen MR) is 54.7 cm³/mol. The molecule has 0 spiro atoms. The summed E-state index contributed by atoms with van der Waals surface area (Å²) in [6.07, 6.45) is 4.05. The highest BCUT2D eigenvalue weighted by atomic mass is 32.2. The van der Waals surface area contributed by atoms with Crippen LogP contribution in [0.15, 0.2) is 15.0 Å². The van der Waals surface area contributed by atoms with E-state index >= 15 is 0 Å². The predicted octanol–water partition coefficient (Wildman–Crippen LogP) is 0.789. The van der Waals surface area contributed by atoms with Gasteiger partial charge in [-0.2, -0.15) is 9.98 Å². The Bertz CT molecular complexity index is 334. The summed E-state index contributed by atoms with van der Waals surface area (Å²) >= 11 is 1.11. The summed E-state index contributed by atoms with van der Waals surface area (Å²) in [5.74, 6) is 0. The van der Waals surface area contributed by atoms with Crippen molar-refractivity contribution >= 4 is 30.0 Å². The zero-order chi connectivity index (χ0) is 11.7. The first kappa shape index (κ1) is 13.5. The summed E-state index contributed by atoms with van der Waals surface area (Å²) in [5.41, 5.74) is 0. The standard InChI is InChI=1S/C8H9N3O3S/c1-7(3-9-4-12)15-8(2,10-5-13)11-6-14/h7H,3H2,1-2H3. The van der Waals surface area contributed by atoms with Gasteiger partial charge in [-0.15, -0.1) is 11.8 Å². The minimum atomic E-state index is -1.25. The molecule has 0 aromatic carbocycles. The largest absolute Gasteiger partial charge is 0.238 e. The van der Waals surface area contributed by atoms with Crippen LogP contribution in [-0.2, 0) is 14.4 Å². The molecule has 7 heteroatoms. The number of isocyanates is 3. The smallest absolute Gasteiger partial charge is 0.211 e. The lowest BCUT2D eigenvalue weighted by atomic mass is 10.5. The van der Waals surface area contributed by atoms with E-state index < -0.39 is 4.99 Å². The van der Waals surface area contributed by atoms with E-state index in [-0.39, 0.29) is 11.8 Å². The highest BCUT2D eigenvalue weighted by molar-refractivity contribution is 8.01. The van der Waals surface area contributed by atoms with E-state index in [9.17, 15) is 14.4 Å². The first-order valence-corrected chi connectivity index (χ1v) is 4.85. The molecular weight excluding hydrogens is 218 g/mol. The average Bonchev–Trinajstić information content (AvgIpc) is 2.15. The van der Waals surface area contributed by atoms with Crippen LogP contribution in [0.3, 0.4) is 0 Å². The van der Waals surface area contributed by atoms with Gasteiger partial charge in [0.15, 0.2) is 0 Å². The minimum absolute atomic E-state index is 0.134. The van der Waals surface area contributed by atoms with Gasteiger partial charge in [0.2, 0.25) is 23.2 Å². The quantitative estimate of drug-likeness (QED) is 0.495. The second kappa shape index (κ2) is 6.87. The van der Waals surface area contributed by atoms with Gasteiger partial charge >= 0.3 is 0 Å². The summed E-state index contributed by atoms with van der Waals surface area (Å²) in [6.45, 7) is 3.44. The lowest BCUT2D eigenvalue weighted by molar-refractivity contribution is 0.547. The van der Waals surface area contributed by atoms with Gasteiger partial charge < -0.3 is 0 Å². The van der Waals surface area contributed by atoms with Crippen LogP contribution >= 0.6 is 11.8 Å². The summed E-state index contributed by atoms with van der Waals surface area (Å²) in [6, 6.07) is 0. The Balaban J connectivity index is 4.60. The van der Waals surface area contributed by atoms with Gasteiger partial charge in [-0.3, -0.25) is 0 Å². The Morgan fingerprint density at radius 3 is 2.13 bits per heavy atom. The Hall–Kier alpha value is -1.51. The van der Waals surface area contributed by atoms with Crippen molar-refractivity contribution in [2.75, 3.05) is 6.54 Å². The van der Waals surface area contributed by atoms with Gasteiger partial charge in [0.1, 0.15) is 0 Å². The van der Waals surface area contributed by atoms with Crippen LogP contribution in [-0.4, -0.2) is 35.0 Å². The van der Waals surface area contributed by atoms with Crippen molar-refractivity contribution in [3.8, 4) is 0 Å². The van der Waals surface area contributed by atoms with Gasteiger partial charge in [0.25, 0.3) is 0 Å². The molecule has 0 heterocycles. The number of nitrogens with zero attached hydrogens (tertiary/aromatic N) is 3. The number of carbonyl (C=O) groups excluding carboxylic acids is 3. The number of hydrogen-bond acceptors (Lipinski definition) is 7. The molecule has 0 aromatic rings. The maximum absolute atomic E-state index is 10.1. The molecule has 6 nitrogen and oxygen atoms in total. The summed E-state index contributed by atoms with van der Waals surface area (Å²) in [4.78, 5) is 39.0. The van der Waals surface area contributed by atoms with Crippen LogP contribution in [0.5, 0.6) is 0 Å². The first-order valence-electron chi connectivity index (χ1n) is 3.97. The van der Waals surface area contributed by atoms with Gasteiger partial charge in [-0.1, -0.05) is 6.92 Å². The fraction of sp³-hybridized carbons (Fsp3) is 0.625. The van der Waals surface area contributed by atoms with Crippen LogP contribution in [0, 0.1) is 0 Å². The van der Waals surface area contributed by atoms with Crippen LogP contribution in [0.4, 0.5) is 0 Å². The van der Waals surface area contributed by atoms with E-state index in [1.165, 1.54) is 25.2 Å². The second-order valence-corrected chi connectivity index (χ2v) is 4.51. The van der Waals surface area contributed by atoms with Gasteiger partial charge in [0.05, 0.1) is 6.54 Å². The molecule has 80 valence electrons. The Morgan fingerprint density at radius 1 is 1.20 bits per heavy atom. The van der Waals surface area contributed by atoms with Gasteiger partial charge in [-0.05, 0) is 6.92 Å². The number of rotatable bonds is 6. The van der Waals surface area contributed by atoms with Gasteiger partial charge in [0, 0.05) is 5.25 Å². The van der Waals surface area contributed by atoms with E-state index in [4.69, 9.17) is 0 Å². The normalized spacial score (nSPS) is 14.8. The molecule has 0 saturated heterocycles. The molecule has 0 aliphatic carbocycles. The third-order valence-corrected chi connectivity index (χ3v) is 2.52. The van der Waals surface area contributed by atoms with Crippen LogP contribution in [0.1, 0.15) is 13.8 Å². The highest BCUT2D eigenvalue weighted by Gasteiger charge is 2.26. The monoisotopic (exact) mass is 227 g/mol. The summed E-state index contributed by atoms with van der Waals surface area (Å²) < 4.78 is 0. The molecule has 0 aliphatic heterocycles. The van der Waals surface area contributed by atoms with Crippen LogP contribution < -0.4 is 0 Å². The molecule has 15 heavy (non-hydrogen) atoms. The molecular formula is C8H9N3O3S. The Kier molecular flexibility index (Phi) is 6.18. The zero-order valence-electron chi connectivity index (χ0n) is 8.26. The topological polar surface area (TPSA) is 88.3 Å². The number of hydrogen-bond donors (Lipinski definition) is 0. The number of aliphatic imine (C=N–C) groups is 3. The fourth-order valence-electron chi connectivity index (χ4n) is 0.831. The van der Waals surface area contributed by atoms with E-state index in [0.717, 1.165) is 11.8 Å². The summed E-state index contributed by atoms with van der Waals surface area (Å²) in [5, 5.41) is -0.134. The van der Waals surface area contributed by atoms with Crippen molar-refractivity contribution < 1.29 is 14.4 Å². The summed E-state index contributed by atoms with van der Waals surface area (Å²) in [7, 11) is 0. The van der Waals surface area contributed by atoms with Crippen molar-refractivity contribution in [2.24, 2.45) is 15.0 Å². The van der Waals surface area contributed by atoms with Gasteiger partial charge in [-0.25, -0.2) is 19.4 Å². The Labute approximate surface area is 90.6 Å². The maximum Gasteiger partial charge on any atom is 0.238 e. The molecule has 1 unspecified atom stereocenters. The zero-order valence-corrected chi connectivity index (χ0v) is 9.08. The minimum Gasteiger partial charge on any atom is -0.211 e. The third kappa shape index (κ3) is 5.73. The van der Waals surface area contributed by atoms with Crippen LogP contribution in [0.25, 0.3) is 0 Å². The van der Waals surface area contributed by atoms with Crippen LogP contribution in [0.2, 0.25) is 0 Å². The van der Waals surface area contributed by atoms with E-state index in [1.54, 1.807) is 6.92 Å². The van der Waals surface area contributed by atoms with E-state index in [1.807, 2.05) is 0 Å². The van der Waals surface area contributed by atoms with Crippen molar-refractivity contribution in [1.82, 2.24) is 0 Å². The van der Waals surface area contributed by atoms with E-state index in [0.29, 0.717) is 0 Å². The molecule has 0 N–H and O–H groups in total. The Morgan fingerprint density at radius 2 is 1.73 bits per heavy atom. The van der Waals surface area contributed by atoms with Crippen molar-refractivity contribution in [3.63, 3.8) is 0 Å². The first-order chi connectivity index (χ1) is 7.08. The number of thioether (sulfide) groups is 1. The molecule has 0 bridgehead atoms. The molecule has 0 fully saturated rings. The maximum atomic E-state index is 10.1. The third-order valence-electron chi connectivity index (χ3n) is 1.34. The second-order valence-electron chi connectivity index (χ2n) is 2.70. The SMILES string of the molecule is CC(CN=C=O)SC(C)(N=C=O)N=C=O. The highest BCUT2D eigenvalue weighted by Crippen LogP contribution is 2.31. The lowest BCUT2D eigenvalue weighted by Crippen LogP contribution is -2.19. The van der Waals surface area contributed by atoms with Crippen molar-refractivity contribution in [1.29, 1.82) is 0 Å². The molecule has 1 atom stereocenters. The van der Waals surface area contributed by atoms with E-state index in [2.05, 4.69) is 15.0 Å². The lowest BCUT2D eigenvalue weighted by Gasteiger charge is -2.18. The molecule has 0 rings (SSSR count). The molecule has 0 radical (unpaired) electrons. The molecule has 0 aromatic heterocycles.